The van der Waals surface area contributed by atoms with Gasteiger partial charge in [-0.2, -0.15) is 0 Å². The molecule has 0 amide bonds. The van der Waals surface area contributed by atoms with E-state index in [-0.39, 0.29) is 4.04 Å². The van der Waals surface area contributed by atoms with Crippen LogP contribution in [0.2, 0.25) is 0 Å². The normalized spacial score (nSPS) is 11.2. The van der Waals surface area contributed by atoms with E-state index in [1.165, 1.54) is 24.3 Å². The Balaban J connectivity index is 3.36. The van der Waals surface area contributed by atoms with Crippen molar-refractivity contribution in [3.05, 3.63) is 30.3 Å². The number of rotatable bonds is 1. The molecule has 0 atom stereocenters. The third kappa shape index (κ3) is 1.63. The van der Waals surface area contributed by atoms with Gasteiger partial charge in [0.15, 0.2) is 0 Å². The van der Waals surface area contributed by atoms with Gasteiger partial charge in [0.05, 0.1) is 0 Å². The third-order valence-corrected chi connectivity index (χ3v) is 3.83. The van der Waals surface area contributed by atoms with Crippen molar-refractivity contribution in [2.75, 3.05) is 0 Å². The van der Waals surface area contributed by atoms with Gasteiger partial charge in [0, 0.05) is 0 Å². The van der Waals surface area contributed by atoms with Crippen molar-refractivity contribution in [1.29, 1.82) is 0 Å². The van der Waals surface area contributed by atoms with E-state index >= 15 is 0 Å². The first-order valence-corrected chi connectivity index (χ1v) is 7.25. The molecule has 0 aromatic heterocycles. The fraction of sp³-hybridized carbons (Fsp3) is 0. The molecule has 0 saturated carbocycles. The van der Waals surface area contributed by atoms with E-state index in [4.69, 9.17) is 0 Å². The van der Waals surface area contributed by atoms with Gasteiger partial charge in [-0.25, -0.2) is 0 Å². The minimum atomic E-state index is -5.38. The summed E-state index contributed by atoms with van der Waals surface area (Å²) in [5.41, 5.74) is 0. The summed E-state index contributed by atoms with van der Waals surface area (Å²) in [5, 5.41) is 0. The molecule has 0 heterocycles. The quantitative estimate of drug-likeness (QED) is 0.759. The maximum atomic E-state index is 10.4. The van der Waals surface area contributed by atoms with Crippen molar-refractivity contribution in [1.82, 2.24) is 0 Å². The van der Waals surface area contributed by atoms with Gasteiger partial charge in [0.2, 0.25) is 0 Å². The van der Waals surface area contributed by atoms with Gasteiger partial charge >= 0.3 is 60.2 Å². The fourth-order valence-corrected chi connectivity index (χ4v) is 2.20. The average Bonchev–Trinajstić information content (AvgIpc) is 1.88. The summed E-state index contributed by atoms with van der Waals surface area (Å²) in [6.07, 6.45) is 0. The second-order valence-electron chi connectivity index (χ2n) is 1.72. The Morgan fingerprint density at radius 1 is 0.900 bits per heavy atom. The monoisotopic (exact) mass is 312 g/mol. The summed E-state index contributed by atoms with van der Waals surface area (Å²) in [6.45, 7) is 0. The first-order valence-electron chi connectivity index (χ1n) is 2.56. The predicted molar refractivity (Wildman–Crippen MR) is 28.1 cm³/mol. The van der Waals surface area contributed by atoms with E-state index in [9.17, 15) is 10.4 Å². The number of hydrogen-bond acceptors (Lipinski definition) is 3. The average molecular weight is 311 g/mol. The Labute approximate surface area is 60.6 Å². The van der Waals surface area contributed by atoms with Crippen LogP contribution in [-0.4, -0.2) is 0 Å². The Hall–Kier alpha value is -0.718. The molecular weight excluding hydrogens is 306 g/mol. The van der Waals surface area contributed by atoms with Crippen LogP contribution in [0, 0.1) is 0 Å². The standard InChI is InChI=1S/C6H5.3O.Re/c1-2-4-6-5-3-1;;;;/h1-5H;;;;. The molecule has 0 bridgehead atoms. The molecule has 0 saturated heterocycles. The van der Waals surface area contributed by atoms with Gasteiger partial charge < -0.3 is 0 Å². The molecule has 1 aromatic carbocycles. The second kappa shape index (κ2) is 2.49. The van der Waals surface area contributed by atoms with Crippen molar-refractivity contribution in [3.8, 4) is 0 Å². The topological polar surface area (TPSA) is 51.2 Å². The van der Waals surface area contributed by atoms with Crippen LogP contribution in [0.15, 0.2) is 30.3 Å². The molecule has 0 aliphatic carbocycles. The van der Waals surface area contributed by atoms with Crippen LogP contribution in [-0.2, 0) is 25.8 Å². The molecule has 0 radical (unpaired) electrons. The van der Waals surface area contributed by atoms with Gasteiger partial charge in [-0.15, -0.1) is 0 Å². The number of hydrogen-bond donors (Lipinski definition) is 0. The SMILES string of the molecule is [O]=[Re](=[O])(=[O])[c]1ccccc1. The molecule has 1 aromatic rings. The first kappa shape index (κ1) is 7.39. The summed E-state index contributed by atoms with van der Waals surface area (Å²) in [4.78, 5) is 0. The summed E-state index contributed by atoms with van der Waals surface area (Å²) in [7, 11) is 0. The zero-order chi connectivity index (χ0) is 7.61. The minimum absolute atomic E-state index is 0.0671. The molecule has 3 nitrogen and oxygen atoms in total. The maximum absolute atomic E-state index is 10.4. The van der Waals surface area contributed by atoms with Crippen LogP contribution in [0.5, 0.6) is 0 Å². The van der Waals surface area contributed by atoms with Crippen LogP contribution in [0.3, 0.4) is 0 Å². The zero-order valence-electron chi connectivity index (χ0n) is 4.99. The van der Waals surface area contributed by atoms with Crippen molar-refractivity contribution in [2.45, 2.75) is 0 Å². The molecule has 54 valence electrons. The van der Waals surface area contributed by atoms with E-state index in [1.54, 1.807) is 6.07 Å². The summed E-state index contributed by atoms with van der Waals surface area (Å²) in [5.74, 6) is 0. The van der Waals surface area contributed by atoms with Crippen molar-refractivity contribution >= 4 is 4.04 Å². The van der Waals surface area contributed by atoms with E-state index in [1.807, 2.05) is 0 Å². The predicted octanol–water partition coefficient (Wildman–Crippen LogP) is 0.502. The molecular formula is C6H5O3Re. The Bertz CT molecular complexity index is 343. The molecule has 0 aliphatic heterocycles. The van der Waals surface area contributed by atoms with Crippen LogP contribution in [0.25, 0.3) is 0 Å². The van der Waals surface area contributed by atoms with Crippen LogP contribution >= 0.6 is 0 Å². The van der Waals surface area contributed by atoms with Gasteiger partial charge in [-0.05, 0) is 0 Å². The van der Waals surface area contributed by atoms with Crippen LogP contribution < -0.4 is 4.04 Å². The van der Waals surface area contributed by atoms with Crippen LogP contribution in [0.4, 0.5) is 0 Å². The molecule has 0 N–H and O–H groups in total. The molecule has 0 fully saturated rings. The molecule has 0 spiro atoms. The van der Waals surface area contributed by atoms with E-state index < -0.39 is 15.4 Å². The van der Waals surface area contributed by atoms with Crippen molar-refractivity contribution in [3.63, 3.8) is 0 Å². The van der Waals surface area contributed by atoms with E-state index in [2.05, 4.69) is 0 Å². The third-order valence-electron chi connectivity index (χ3n) is 1.00. The summed E-state index contributed by atoms with van der Waals surface area (Å²) < 4.78 is 31.1. The van der Waals surface area contributed by atoms with Crippen LogP contribution in [0.1, 0.15) is 0 Å². The van der Waals surface area contributed by atoms with Crippen molar-refractivity contribution in [2.24, 2.45) is 0 Å². The molecule has 10 heavy (non-hydrogen) atoms. The van der Waals surface area contributed by atoms with Gasteiger partial charge in [-0.1, -0.05) is 0 Å². The van der Waals surface area contributed by atoms with E-state index in [0.29, 0.717) is 0 Å². The van der Waals surface area contributed by atoms with Gasteiger partial charge in [0.1, 0.15) is 0 Å². The molecule has 1 rings (SSSR count). The summed E-state index contributed by atoms with van der Waals surface area (Å²) >= 11 is -5.38. The number of benzene rings is 1. The van der Waals surface area contributed by atoms with Crippen molar-refractivity contribution < 1.29 is 25.8 Å². The van der Waals surface area contributed by atoms with Gasteiger partial charge in [0.25, 0.3) is 0 Å². The Morgan fingerprint density at radius 2 is 1.40 bits per heavy atom. The first-order chi connectivity index (χ1) is 4.61. The van der Waals surface area contributed by atoms with Gasteiger partial charge in [-0.3, -0.25) is 0 Å². The molecule has 0 unspecified atom stereocenters. The summed E-state index contributed by atoms with van der Waals surface area (Å²) in [6, 6.07) is 7.37. The Kier molecular flexibility index (Phi) is 1.84. The molecule has 0 aliphatic rings. The zero-order valence-corrected chi connectivity index (χ0v) is 7.71. The molecule has 4 heteroatoms. The second-order valence-corrected chi connectivity index (χ2v) is 6.30. The Morgan fingerprint density at radius 3 is 1.70 bits per heavy atom. The fourth-order valence-electron chi connectivity index (χ4n) is 0.569. The van der Waals surface area contributed by atoms with E-state index in [0.717, 1.165) is 0 Å².